The second-order valence-electron chi connectivity index (χ2n) is 7.13. The van der Waals surface area contributed by atoms with Crippen molar-refractivity contribution >= 4 is 22.8 Å². The summed E-state index contributed by atoms with van der Waals surface area (Å²) in [7, 11) is 0. The quantitative estimate of drug-likeness (QED) is 0.535. The lowest BCUT2D eigenvalue weighted by Gasteiger charge is -2.07. The van der Waals surface area contributed by atoms with Crippen LogP contribution in [0.4, 0.5) is 0 Å². The van der Waals surface area contributed by atoms with Gasteiger partial charge >= 0.3 is 0 Å². The van der Waals surface area contributed by atoms with Gasteiger partial charge in [0.25, 0.3) is 5.56 Å². The van der Waals surface area contributed by atoms with Gasteiger partial charge in [0.1, 0.15) is 5.52 Å². The highest BCUT2D eigenvalue weighted by atomic mass is 32.1. The van der Waals surface area contributed by atoms with Crippen LogP contribution in [0.2, 0.25) is 0 Å². The van der Waals surface area contributed by atoms with E-state index in [1.165, 1.54) is 0 Å². The van der Waals surface area contributed by atoms with Crippen LogP contribution in [0, 0.1) is 13.8 Å². The zero-order valence-electron chi connectivity index (χ0n) is 16.4. The van der Waals surface area contributed by atoms with Gasteiger partial charge in [0, 0.05) is 31.0 Å². The summed E-state index contributed by atoms with van der Waals surface area (Å²) in [5, 5.41) is 11.4. The molecule has 0 aliphatic heterocycles. The van der Waals surface area contributed by atoms with Crippen LogP contribution in [-0.4, -0.2) is 26.6 Å². The third-order valence-electron chi connectivity index (χ3n) is 4.89. The number of carbonyl (C=O) groups is 1. The Kier molecular flexibility index (Phi) is 5.31. The van der Waals surface area contributed by atoms with Crippen molar-refractivity contribution in [3.63, 3.8) is 0 Å². The average molecular weight is 407 g/mol. The Balaban J connectivity index is 1.50. The number of nitrogens with one attached hydrogen (secondary N) is 1. The summed E-state index contributed by atoms with van der Waals surface area (Å²) in [5.74, 6) is -0.0425. The van der Waals surface area contributed by atoms with Gasteiger partial charge in [-0.2, -0.15) is 16.4 Å². The molecule has 0 saturated carbocycles. The molecule has 4 rings (SSSR count). The lowest BCUT2D eigenvalue weighted by molar-refractivity contribution is -0.120. The predicted molar refractivity (Wildman–Crippen MR) is 115 cm³/mol. The first-order valence-corrected chi connectivity index (χ1v) is 10.4. The number of hydrogen-bond donors (Lipinski definition) is 1. The first kappa shape index (κ1) is 19.1. The van der Waals surface area contributed by atoms with Crippen molar-refractivity contribution in [3.05, 3.63) is 80.5 Å². The van der Waals surface area contributed by atoms with E-state index in [1.807, 2.05) is 36.7 Å². The molecule has 3 heterocycles. The number of aromatic nitrogens is 3. The molecule has 0 bridgehead atoms. The highest BCUT2D eigenvalue weighted by Gasteiger charge is 2.11. The first-order chi connectivity index (χ1) is 14.0. The van der Waals surface area contributed by atoms with Gasteiger partial charge in [-0.15, -0.1) is 0 Å². The number of nitrogens with zero attached hydrogens (tertiary/aromatic N) is 3. The Hall–Kier alpha value is -3.19. The summed E-state index contributed by atoms with van der Waals surface area (Å²) in [6.45, 7) is 4.89. The minimum absolute atomic E-state index is 0.0425. The number of hydrogen-bond acceptors (Lipinski definition) is 4. The van der Waals surface area contributed by atoms with Gasteiger partial charge in [-0.1, -0.05) is 17.7 Å². The van der Waals surface area contributed by atoms with Crippen molar-refractivity contribution in [2.45, 2.75) is 26.8 Å². The first-order valence-electron chi connectivity index (χ1n) is 9.45. The van der Waals surface area contributed by atoms with E-state index in [9.17, 15) is 9.59 Å². The van der Waals surface area contributed by atoms with Crippen LogP contribution < -0.4 is 10.9 Å². The number of aryl methyl sites for hydroxylation is 2. The standard InChI is InChI=1S/C22H22N4O2S/c1-15-3-4-16(2)18(11-15)19-13-20-22(28)25(8-9-26(20)24-19)7-6-23-21(27)12-17-5-10-29-14-17/h3-5,8-11,13-14H,6-7,12H2,1-2H3,(H,23,27). The van der Waals surface area contributed by atoms with E-state index >= 15 is 0 Å². The second-order valence-corrected chi connectivity index (χ2v) is 7.91. The fraction of sp³-hybridized carbons (Fsp3) is 0.227. The van der Waals surface area contributed by atoms with Crippen molar-refractivity contribution < 1.29 is 4.79 Å². The molecule has 0 aliphatic rings. The van der Waals surface area contributed by atoms with Crippen molar-refractivity contribution in [3.8, 4) is 11.3 Å². The minimum Gasteiger partial charge on any atom is -0.354 e. The number of fused-ring (bicyclic) bond motifs is 1. The highest BCUT2D eigenvalue weighted by molar-refractivity contribution is 7.08. The Morgan fingerprint density at radius 3 is 2.83 bits per heavy atom. The molecular formula is C22H22N4O2S. The van der Waals surface area contributed by atoms with Crippen molar-refractivity contribution in [2.75, 3.05) is 6.54 Å². The van der Waals surface area contributed by atoms with Gasteiger partial charge in [-0.25, -0.2) is 4.52 Å². The molecule has 1 N–H and O–H groups in total. The van der Waals surface area contributed by atoms with Crippen LogP contribution >= 0.6 is 11.3 Å². The van der Waals surface area contributed by atoms with Crippen LogP contribution in [0.5, 0.6) is 0 Å². The molecule has 1 amide bonds. The monoisotopic (exact) mass is 406 g/mol. The maximum atomic E-state index is 12.8. The van der Waals surface area contributed by atoms with Crippen LogP contribution in [0.15, 0.2) is 58.3 Å². The summed E-state index contributed by atoms with van der Waals surface area (Å²) in [6, 6.07) is 9.98. The topological polar surface area (TPSA) is 68.4 Å². The number of carbonyl (C=O) groups excluding carboxylic acids is 1. The molecule has 6 nitrogen and oxygen atoms in total. The van der Waals surface area contributed by atoms with Crippen molar-refractivity contribution in [1.29, 1.82) is 0 Å². The van der Waals surface area contributed by atoms with Gasteiger partial charge in [0.2, 0.25) is 5.91 Å². The summed E-state index contributed by atoms with van der Waals surface area (Å²) >= 11 is 1.57. The van der Waals surface area contributed by atoms with Gasteiger partial charge in [-0.05, 0) is 53.9 Å². The van der Waals surface area contributed by atoms with Crippen LogP contribution in [-0.2, 0) is 17.8 Å². The lowest BCUT2D eigenvalue weighted by Crippen LogP contribution is -2.31. The number of rotatable bonds is 6. The minimum atomic E-state index is -0.122. The lowest BCUT2D eigenvalue weighted by atomic mass is 10.0. The van der Waals surface area contributed by atoms with Crippen molar-refractivity contribution in [1.82, 2.24) is 19.5 Å². The molecule has 0 fully saturated rings. The SMILES string of the molecule is Cc1ccc(C)c(-c2cc3c(=O)n(CCNC(=O)Cc4ccsc4)ccn3n2)c1. The van der Waals surface area contributed by atoms with E-state index in [0.717, 1.165) is 27.9 Å². The van der Waals surface area contributed by atoms with Gasteiger partial charge in [-0.3, -0.25) is 9.59 Å². The maximum absolute atomic E-state index is 12.8. The fourth-order valence-corrected chi connectivity index (χ4v) is 3.97. The molecule has 148 valence electrons. The molecule has 0 saturated heterocycles. The molecular weight excluding hydrogens is 384 g/mol. The second kappa shape index (κ2) is 8.05. The molecule has 0 atom stereocenters. The summed E-state index contributed by atoms with van der Waals surface area (Å²) in [6.07, 6.45) is 3.85. The van der Waals surface area contributed by atoms with E-state index in [0.29, 0.717) is 25.0 Å². The zero-order chi connectivity index (χ0) is 20.4. The number of benzene rings is 1. The van der Waals surface area contributed by atoms with Crippen LogP contribution in [0.25, 0.3) is 16.8 Å². The highest BCUT2D eigenvalue weighted by Crippen LogP contribution is 2.23. The third kappa shape index (κ3) is 4.14. The molecule has 7 heteroatoms. The molecule has 29 heavy (non-hydrogen) atoms. The van der Waals surface area contributed by atoms with Crippen molar-refractivity contribution in [2.24, 2.45) is 0 Å². The zero-order valence-corrected chi connectivity index (χ0v) is 17.2. The molecule has 0 spiro atoms. The maximum Gasteiger partial charge on any atom is 0.276 e. The summed E-state index contributed by atoms with van der Waals surface area (Å²) in [4.78, 5) is 24.9. The molecule has 0 aliphatic carbocycles. The van der Waals surface area contributed by atoms with Crippen LogP contribution in [0.3, 0.4) is 0 Å². The van der Waals surface area contributed by atoms with E-state index in [2.05, 4.69) is 28.6 Å². The number of amides is 1. The van der Waals surface area contributed by atoms with Gasteiger partial charge < -0.3 is 9.88 Å². The number of thiophene rings is 1. The van der Waals surface area contributed by atoms with Gasteiger partial charge in [0.15, 0.2) is 0 Å². The van der Waals surface area contributed by atoms with Gasteiger partial charge in [0.05, 0.1) is 12.1 Å². The van der Waals surface area contributed by atoms with E-state index in [1.54, 1.807) is 32.8 Å². The molecule has 3 aromatic heterocycles. The Morgan fingerprint density at radius 2 is 2.03 bits per heavy atom. The Labute approximate surface area is 172 Å². The largest absolute Gasteiger partial charge is 0.354 e. The molecule has 1 aromatic carbocycles. The predicted octanol–water partition coefficient (Wildman–Crippen LogP) is 3.20. The molecule has 4 aromatic rings. The fourth-order valence-electron chi connectivity index (χ4n) is 3.30. The van der Waals surface area contributed by atoms with E-state index in [4.69, 9.17) is 0 Å². The average Bonchev–Trinajstić information content (AvgIpc) is 3.35. The summed E-state index contributed by atoms with van der Waals surface area (Å²) < 4.78 is 3.22. The van der Waals surface area contributed by atoms with E-state index < -0.39 is 0 Å². The third-order valence-corrected chi connectivity index (χ3v) is 5.62. The normalized spacial score (nSPS) is 11.1. The Bertz CT molecular complexity index is 1220. The smallest absolute Gasteiger partial charge is 0.276 e. The molecule has 0 radical (unpaired) electrons. The molecule has 0 unspecified atom stereocenters. The Morgan fingerprint density at radius 1 is 1.17 bits per heavy atom. The van der Waals surface area contributed by atoms with E-state index in [-0.39, 0.29) is 11.5 Å². The van der Waals surface area contributed by atoms with Crippen LogP contribution in [0.1, 0.15) is 16.7 Å². The summed E-state index contributed by atoms with van der Waals surface area (Å²) in [5.41, 5.74) is 5.48.